The van der Waals surface area contributed by atoms with Gasteiger partial charge in [-0.2, -0.15) is 0 Å². The van der Waals surface area contributed by atoms with Crippen LogP contribution in [0.4, 0.5) is 11.4 Å². The summed E-state index contributed by atoms with van der Waals surface area (Å²) < 4.78 is 0. The maximum absolute atomic E-state index is 13.0. The van der Waals surface area contributed by atoms with Crippen LogP contribution < -0.4 is 16.0 Å². The molecule has 23 heavy (non-hydrogen) atoms. The van der Waals surface area contributed by atoms with Gasteiger partial charge in [0.1, 0.15) is 5.54 Å². The molecule has 0 bridgehead atoms. The molecule has 2 aromatic carbocycles. The molecule has 1 fully saturated rings. The van der Waals surface area contributed by atoms with E-state index in [2.05, 4.69) is 53.2 Å². The molecule has 3 N–H and O–H groups in total. The third kappa shape index (κ3) is 1.56. The van der Waals surface area contributed by atoms with E-state index in [1.807, 2.05) is 18.2 Å². The summed E-state index contributed by atoms with van der Waals surface area (Å²) in [7, 11) is 0. The lowest BCUT2D eigenvalue weighted by atomic mass is 9.71. The van der Waals surface area contributed by atoms with Gasteiger partial charge < -0.3 is 10.6 Å². The van der Waals surface area contributed by atoms with Crippen LogP contribution in [0.1, 0.15) is 30.4 Å². The van der Waals surface area contributed by atoms with E-state index in [4.69, 9.17) is 0 Å². The average molecular weight is 305 g/mol. The number of para-hydroxylation sites is 2. The van der Waals surface area contributed by atoms with E-state index in [0.29, 0.717) is 5.92 Å². The molecule has 3 aliphatic heterocycles. The smallest absolute Gasteiger partial charge is 0.251 e. The van der Waals surface area contributed by atoms with Crippen LogP contribution in [0.15, 0.2) is 48.5 Å². The number of carbonyl (C=O) groups is 1. The first-order valence-electron chi connectivity index (χ1n) is 8.24. The number of nitrogens with one attached hydrogen (secondary N) is 3. The fourth-order valence-corrected chi connectivity index (χ4v) is 4.72. The lowest BCUT2D eigenvalue weighted by molar-refractivity contribution is -0.124. The molecule has 3 aliphatic rings. The zero-order chi connectivity index (χ0) is 15.6. The number of hydrogen-bond acceptors (Lipinski definition) is 3. The summed E-state index contributed by atoms with van der Waals surface area (Å²) in [6.45, 7) is 2.17. The summed E-state index contributed by atoms with van der Waals surface area (Å²) in [5.41, 5.74) is 3.79. The van der Waals surface area contributed by atoms with Gasteiger partial charge >= 0.3 is 0 Å². The number of benzene rings is 2. The molecule has 4 nitrogen and oxygen atoms in total. The van der Waals surface area contributed by atoms with Gasteiger partial charge in [-0.3, -0.25) is 10.1 Å². The Morgan fingerprint density at radius 2 is 1.78 bits per heavy atom. The summed E-state index contributed by atoms with van der Waals surface area (Å²) in [6.07, 6.45) is 1.03. The second-order valence-corrected chi connectivity index (χ2v) is 6.90. The topological polar surface area (TPSA) is 53.2 Å². The van der Waals surface area contributed by atoms with Crippen molar-refractivity contribution < 1.29 is 4.79 Å². The SMILES string of the molecule is CC1CC2c3ccccc3NC2C2(N1)C(=O)Nc1ccccc12. The molecule has 1 spiro atoms. The number of rotatable bonds is 0. The number of amides is 1. The lowest BCUT2D eigenvalue weighted by Gasteiger charge is -2.45. The predicted molar refractivity (Wildman–Crippen MR) is 90.6 cm³/mol. The third-order valence-corrected chi connectivity index (χ3v) is 5.58. The summed E-state index contributed by atoms with van der Waals surface area (Å²) in [4.78, 5) is 13.0. The van der Waals surface area contributed by atoms with E-state index in [1.54, 1.807) is 0 Å². The number of anilines is 2. The zero-order valence-electron chi connectivity index (χ0n) is 13.0. The van der Waals surface area contributed by atoms with Crippen LogP contribution >= 0.6 is 0 Å². The lowest BCUT2D eigenvalue weighted by Crippen LogP contribution is -2.65. The van der Waals surface area contributed by atoms with Crippen molar-refractivity contribution in [1.82, 2.24) is 5.32 Å². The second-order valence-electron chi connectivity index (χ2n) is 6.90. The molecular formula is C19H19N3O. The number of fused-ring (bicyclic) bond motifs is 6. The van der Waals surface area contributed by atoms with Gasteiger partial charge in [-0.25, -0.2) is 0 Å². The Labute approximate surface area is 135 Å². The maximum Gasteiger partial charge on any atom is 0.251 e. The van der Waals surface area contributed by atoms with Crippen molar-refractivity contribution in [3.05, 3.63) is 59.7 Å². The molecule has 1 amide bonds. The van der Waals surface area contributed by atoms with Gasteiger partial charge in [0, 0.05) is 28.9 Å². The first-order valence-corrected chi connectivity index (χ1v) is 8.24. The maximum atomic E-state index is 13.0. The molecule has 4 heteroatoms. The van der Waals surface area contributed by atoms with Crippen LogP contribution in [-0.2, 0) is 10.3 Å². The predicted octanol–water partition coefficient (Wildman–Crippen LogP) is 2.79. The summed E-state index contributed by atoms with van der Waals surface area (Å²) in [5, 5.41) is 10.3. The highest BCUT2D eigenvalue weighted by Crippen LogP contribution is 2.52. The number of hydrogen-bond donors (Lipinski definition) is 3. The van der Waals surface area contributed by atoms with E-state index in [0.717, 1.165) is 23.4 Å². The van der Waals surface area contributed by atoms with Gasteiger partial charge in [0.05, 0.1) is 6.04 Å². The van der Waals surface area contributed by atoms with Crippen molar-refractivity contribution in [3.63, 3.8) is 0 Å². The van der Waals surface area contributed by atoms with Crippen LogP contribution in [-0.4, -0.2) is 18.0 Å². The average Bonchev–Trinajstić information content (AvgIpc) is 3.05. The van der Waals surface area contributed by atoms with Gasteiger partial charge in [-0.15, -0.1) is 0 Å². The van der Waals surface area contributed by atoms with Crippen molar-refractivity contribution >= 4 is 17.3 Å². The minimum atomic E-state index is -0.696. The van der Waals surface area contributed by atoms with Gasteiger partial charge in [-0.1, -0.05) is 36.4 Å². The Balaban J connectivity index is 1.71. The molecular weight excluding hydrogens is 286 g/mol. The van der Waals surface area contributed by atoms with Crippen LogP contribution in [0.25, 0.3) is 0 Å². The van der Waals surface area contributed by atoms with Gasteiger partial charge in [0.2, 0.25) is 0 Å². The first kappa shape index (κ1) is 13.1. The standard InChI is InChI=1S/C19H19N3O/c1-11-10-13-12-6-2-4-8-15(12)20-17(13)19(22-11)14-7-3-5-9-16(14)21-18(19)23/h2-9,11,13,17,20,22H,10H2,1H3,(H,21,23). The number of piperidine rings is 1. The van der Waals surface area contributed by atoms with Crippen molar-refractivity contribution in [1.29, 1.82) is 0 Å². The monoisotopic (exact) mass is 305 g/mol. The molecule has 2 aromatic rings. The van der Waals surface area contributed by atoms with E-state index in [1.165, 1.54) is 5.56 Å². The highest BCUT2D eigenvalue weighted by molar-refractivity contribution is 6.07. The second kappa shape index (κ2) is 4.36. The van der Waals surface area contributed by atoms with E-state index >= 15 is 0 Å². The Hall–Kier alpha value is -2.33. The van der Waals surface area contributed by atoms with Gasteiger partial charge in [0.25, 0.3) is 5.91 Å². The van der Waals surface area contributed by atoms with Crippen LogP contribution in [0.3, 0.4) is 0 Å². The molecule has 5 rings (SSSR count). The summed E-state index contributed by atoms with van der Waals surface area (Å²) in [6, 6.07) is 16.8. The largest absolute Gasteiger partial charge is 0.379 e. The minimum absolute atomic E-state index is 0.0414. The van der Waals surface area contributed by atoms with Crippen molar-refractivity contribution in [2.24, 2.45) is 0 Å². The van der Waals surface area contributed by atoms with Gasteiger partial charge in [-0.05, 0) is 31.0 Å². The highest BCUT2D eigenvalue weighted by Gasteiger charge is 2.59. The number of carbonyl (C=O) groups excluding carboxylic acids is 1. The van der Waals surface area contributed by atoms with Crippen LogP contribution in [0, 0.1) is 0 Å². The molecule has 1 saturated heterocycles. The minimum Gasteiger partial charge on any atom is -0.379 e. The van der Waals surface area contributed by atoms with E-state index in [-0.39, 0.29) is 18.0 Å². The Morgan fingerprint density at radius 1 is 1.04 bits per heavy atom. The van der Waals surface area contributed by atoms with Crippen molar-refractivity contribution in [2.45, 2.75) is 36.9 Å². The van der Waals surface area contributed by atoms with Crippen molar-refractivity contribution in [3.8, 4) is 0 Å². The molecule has 4 unspecified atom stereocenters. The van der Waals surface area contributed by atoms with Crippen molar-refractivity contribution in [2.75, 3.05) is 10.6 Å². The third-order valence-electron chi connectivity index (χ3n) is 5.58. The molecule has 0 saturated carbocycles. The zero-order valence-corrected chi connectivity index (χ0v) is 13.0. The molecule has 116 valence electrons. The van der Waals surface area contributed by atoms with Crippen LogP contribution in [0.2, 0.25) is 0 Å². The fourth-order valence-electron chi connectivity index (χ4n) is 4.72. The van der Waals surface area contributed by atoms with Gasteiger partial charge in [0.15, 0.2) is 0 Å². The van der Waals surface area contributed by atoms with E-state index < -0.39 is 5.54 Å². The Bertz CT molecular complexity index is 818. The van der Waals surface area contributed by atoms with Crippen LogP contribution in [0.5, 0.6) is 0 Å². The quantitative estimate of drug-likeness (QED) is 0.701. The fraction of sp³-hybridized carbons (Fsp3) is 0.316. The molecule has 0 radical (unpaired) electrons. The summed E-state index contributed by atoms with van der Waals surface area (Å²) >= 11 is 0. The molecule has 0 aliphatic carbocycles. The first-order chi connectivity index (χ1) is 11.2. The Kier molecular flexibility index (Phi) is 2.49. The normalized spacial score (nSPS) is 33.6. The molecule has 0 aromatic heterocycles. The van der Waals surface area contributed by atoms with E-state index in [9.17, 15) is 4.79 Å². The molecule has 4 atom stereocenters. The molecule has 3 heterocycles. The Morgan fingerprint density at radius 3 is 2.65 bits per heavy atom. The highest BCUT2D eigenvalue weighted by atomic mass is 16.2. The summed E-state index contributed by atoms with van der Waals surface area (Å²) in [5.74, 6) is 0.403.